The van der Waals surface area contributed by atoms with Crippen LogP contribution in [0.1, 0.15) is 126 Å². The van der Waals surface area contributed by atoms with E-state index in [0.717, 1.165) is 49.2 Å². The molecule has 0 aliphatic carbocycles. The maximum atomic E-state index is 13.4. The van der Waals surface area contributed by atoms with Crippen molar-refractivity contribution in [2.75, 3.05) is 6.61 Å². The minimum atomic E-state index is -4.41. The number of carbonyl (C=O) groups excluding carboxylic acids is 1. The van der Waals surface area contributed by atoms with Gasteiger partial charge in [-0.05, 0) is 65.9 Å². The van der Waals surface area contributed by atoms with Crippen molar-refractivity contribution in [3.05, 3.63) is 83.9 Å². The Labute approximate surface area is 280 Å². The fourth-order valence-electron chi connectivity index (χ4n) is 5.44. The first-order chi connectivity index (χ1) is 22.8. The van der Waals surface area contributed by atoms with E-state index in [1.54, 1.807) is 36.4 Å². The highest BCUT2D eigenvalue weighted by molar-refractivity contribution is 5.91. The molecule has 0 saturated carbocycles. The Kier molecular flexibility index (Phi) is 17.5. The Bertz CT molecular complexity index is 1250. The van der Waals surface area contributed by atoms with E-state index in [0.29, 0.717) is 23.3 Å². The molecule has 0 aromatic heterocycles. The number of benzene rings is 3. The lowest BCUT2D eigenvalue weighted by Gasteiger charge is -2.21. The lowest BCUT2D eigenvalue weighted by atomic mass is 10.1. The van der Waals surface area contributed by atoms with Gasteiger partial charge in [0.2, 0.25) is 0 Å². The molecular weight excluding hydrogens is 601 g/mol. The molecule has 0 spiro atoms. The minimum Gasteiger partial charge on any atom is -0.494 e. The van der Waals surface area contributed by atoms with E-state index >= 15 is 0 Å². The average molecular weight is 655 g/mol. The van der Waals surface area contributed by atoms with Gasteiger partial charge in [0.05, 0.1) is 18.8 Å². The third-order valence-corrected chi connectivity index (χ3v) is 8.34. The van der Waals surface area contributed by atoms with Crippen molar-refractivity contribution in [3.8, 4) is 22.6 Å². The van der Waals surface area contributed by atoms with Crippen LogP contribution < -0.4 is 9.47 Å². The van der Waals surface area contributed by atoms with Crippen LogP contribution in [0.15, 0.2) is 72.8 Å². The molecule has 0 N–H and O–H groups in total. The van der Waals surface area contributed by atoms with Crippen molar-refractivity contribution >= 4 is 5.97 Å². The van der Waals surface area contributed by atoms with Crippen molar-refractivity contribution in [2.45, 2.75) is 129 Å². The summed E-state index contributed by atoms with van der Waals surface area (Å²) in [5.41, 5.74) is 2.88. The zero-order valence-electron chi connectivity index (χ0n) is 28.3. The molecule has 0 fully saturated rings. The monoisotopic (exact) mass is 654 g/mol. The second-order valence-corrected chi connectivity index (χ2v) is 12.4. The Balaban J connectivity index is 1.38. The predicted molar refractivity (Wildman–Crippen MR) is 184 cm³/mol. The molecule has 3 rings (SSSR count). The fourth-order valence-corrected chi connectivity index (χ4v) is 5.44. The Morgan fingerprint density at radius 3 is 1.64 bits per heavy atom. The number of unbranched alkanes of at least 4 members (excludes halogenated alkanes) is 12. The van der Waals surface area contributed by atoms with Gasteiger partial charge in [-0.2, -0.15) is 13.2 Å². The Morgan fingerprint density at radius 2 is 1.11 bits per heavy atom. The topological polar surface area (TPSA) is 44.8 Å². The number of esters is 1. The minimum absolute atomic E-state index is 0.0497. The molecular formula is C40H53F3O4. The first-order valence-electron chi connectivity index (χ1n) is 17.6. The second kappa shape index (κ2) is 21.5. The van der Waals surface area contributed by atoms with Gasteiger partial charge in [-0.25, -0.2) is 4.79 Å². The van der Waals surface area contributed by atoms with Crippen LogP contribution in [0.4, 0.5) is 13.2 Å². The van der Waals surface area contributed by atoms with Crippen LogP contribution >= 0.6 is 0 Å². The molecule has 258 valence electrons. The summed E-state index contributed by atoms with van der Waals surface area (Å²) in [6.07, 6.45) is 9.84. The smallest absolute Gasteiger partial charge is 0.414 e. The van der Waals surface area contributed by atoms with E-state index in [2.05, 4.69) is 6.92 Å². The molecule has 1 unspecified atom stereocenters. The third kappa shape index (κ3) is 15.0. The van der Waals surface area contributed by atoms with Crippen LogP contribution in [0.3, 0.4) is 0 Å². The van der Waals surface area contributed by atoms with Crippen LogP contribution in [0, 0.1) is 0 Å². The molecule has 3 aromatic rings. The van der Waals surface area contributed by atoms with Gasteiger partial charge in [-0.1, -0.05) is 134 Å². The van der Waals surface area contributed by atoms with Gasteiger partial charge < -0.3 is 14.2 Å². The quantitative estimate of drug-likeness (QED) is 0.0580. The van der Waals surface area contributed by atoms with E-state index in [-0.39, 0.29) is 13.0 Å². The van der Waals surface area contributed by atoms with Gasteiger partial charge in [0.1, 0.15) is 11.5 Å². The summed E-state index contributed by atoms with van der Waals surface area (Å²) >= 11 is 0. The highest BCUT2D eigenvalue weighted by atomic mass is 19.4. The van der Waals surface area contributed by atoms with Crippen molar-refractivity contribution < 1.29 is 32.2 Å². The number of halogens is 3. The molecule has 0 saturated heterocycles. The van der Waals surface area contributed by atoms with Gasteiger partial charge in [-0.15, -0.1) is 0 Å². The molecule has 0 radical (unpaired) electrons. The van der Waals surface area contributed by atoms with Gasteiger partial charge in [0.15, 0.2) is 6.10 Å². The standard InChI is InChI=1S/C40H53F3O4/c1-3-5-7-9-10-11-12-13-14-16-30-45-36-26-22-33(23-27-36)34-24-28-37(29-25-34)47-39(44)35-20-18-32(19-21-35)31-46-38(40(41,42)43)17-15-8-6-4-2/h18-29,38H,3-17,30-31H2,1-2H3. The summed E-state index contributed by atoms with van der Waals surface area (Å²) in [5, 5.41) is 0. The van der Waals surface area contributed by atoms with Crippen molar-refractivity contribution in [1.29, 1.82) is 0 Å². The fraction of sp³-hybridized carbons (Fsp3) is 0.525. The number of hydrogen-bond acceptors (Lipinski definition) is 4. The van der Waals surface area contributed by atoms with Crippen LogP contribution in [0.2, 0.25) is 0 Å². The van der Waals surface area contributed by atoms with Crippen LogP contribution in [-0.4, -0.2) is 24.9 Å². The summed E-state index contributed by atoms with van der Waals surface area (Å²) in [4.78, 5) is 12.7. The van der Waals surface area contributed by atoms with E-state index in [1.165, 1.54) is 57.8 Å². The maximum absolute atomic E-state index is 13.4. The van der Waals surface area contributed by atoms with Crippen molar-refractivity contribution in [2.24, 2.45) is 0 Å². The molecule has 47 heavy (non-hydrogen) atoms. The Hall–Kier alpha value is -3.32. The molecule has 0 heterocycles. The molecule has 0 aliphatic rings. The first-order valence-corrected chi connectivity index (χ1v) is 17.6. The van der Waals surface area contributed by atoms with Crippen LogP contribution in [0.5, 0.6) is 11.5 Å². The molecule has 0 bridgehead atoms. The normalized spacial score (nSPS) is 12.2. The molecule has 3 aromatic carbocycles. The maximum Gasteiger partial charge on any atom is 0.414 e. The van der Waals surface area contributed by atoms with Gasteiger partial charge in [0.25, 0.3) is 0 Å². The highest BCUT2D eigenvalue weighted by Gasteiger charge is 2.40. The second-order valence-electron chi connectivity index (χ2n) is 12.4. The Morgan fingerprint density at radius 1 is 0.617 bits per heavy atom. The summed E-state index contributed by atoms with van der Waals surface area (Å²) in [7, 11) is 0. The molecule has 4 nitrogen and oxygen atoms in total. The molecule has 0 aliphatic heterocycles. The van der Waals surface area contributed by atoms with Crippen LogP contribution in [-0.2, 0) is 11.3 Å². The number of rotatable bonds is 23. The number of alkyl halides is 3. The average Bonchev–Trinajstić information content (AvgIpc) is 3.07. The third-order valence-electron chi connectivity index (χ3n) is 8.34. The lowest BCUT2D eigenvalue weighted by molar-refractivity contribution is -0.225. The van der Waals surface area contributed by atoms with Gasteiger partial charge in [0, 0.05) is 0 Å². The summed E-state index contributed by atoms with van der Waals surface area (Å²) < 4.78 is 56.8. The number of hydrogen-bond donors (Lipinski definition) is 0. The summed E-state index contributed by atoms with van der Waals surface area (Å²) in [6, 6.07) is 21.5. The zero-order valence-corrected chi connectivity index (χ0v) is 28.3. The summed E-state index contributed by atoms with van der Waals surface area (Å²) in [6.45, 7) is 4.82. The van der Waals surface area contributed by atoms with E-state index in [4.69, 9.17) is 14.2 Å². The largest absolute Gasteiger partial charge is 0.494 e. The molecule has 7 heteroatoms. The van der Waals surface area contributed by atoms with E-state index in [1.807, 2.05) is 43.3 Å². The number of ether oxygens (including phenoxy) is 3. The molecule has 1 atom stereocenters. The predicted octanol–water partition coefficient (Wildman–Crippen LogP) is 12.3. The SMILES string of the molecule is CCCCCCCCCCCCOc1ccc(-c2ccc(OC(=O)c3ccc(COC(CCCCCC)C(F)(F)F)cc3)cc2)cc1. The highest BCUT2D eigenvalue weighted by Crippen LogP contribution is 2.29. The van der Waals surface area contributed by atoms with E-state index in [9.17, 15) is 18.0 Å². The zero-order chi connectivity index (χ0) is 33.7. The first kappa shape index (κ1) is 38.1. The van der Waals surface area contributed by atoms with Gasteiger partial charge >= 0.3 is 12.1 Å². The van der Waals surface area contributed by atoms with E-state index < -0.39 is 18.2 Å². The lowest BCUT2D eigenvalue weighted by Crippen LogP contribution is -2.31. The van der Waals surface area contributed by atoms with Crippen LogP contribution in [0.25, 0.3) is 11.1 Å². The summed E-state index contributed by atoms with van der Waals surface area (Å²) in [5.74, 6) is 0.715. The van der Waals surface area contributed by atoms with Gasteiger partial charge in [-0.3, -0.25) is 0 Å². The van der Waals surface area contributed by atoms with Crippen molar-refractivity contribution in [3.63, 3.8) is 0 Å². The van der Waals surface area contributed by atoms with Crippen molar-refractivity contribution in [1.82, 2.24) is 0 Å². The molecule has 0 amide bonds. The number of carbonyl (C=O) groups is 1.